The monoisotopic (exact) mass is 252 g/mol. The SMILES string of the molecule is CN1C2CCC1CC(c1ncc(C(=O)O)s1)C2. The van der Waals surface area contributed by atoms with Crippen molar-refractivity contribution in [2.24, 2.45) is 0 Å². The highest BCUT2D eigenvalue weighted by Gasteiger charge is 2.39. The van der Waals surface area contributed by atoms with Crippen LogP contribution in [0.15, 0.2) is 6.20 Å². The number of aromatic carboxylic acids is 1. The molecule has 1 aromatic rings. The van der Waals surface area contributed by atoms with E-state index in [0.717, 1.165) is 17.8 Å². The highest BCUT2D eigenvalue weighted by Crippen LogP contribution is 2.42. The van der Waals surface area contributed by atoms with Crippen molar-refractivity contribution in [3.05, 3.63) is 16.1 Å². The van der Waals surface area contributed by atoms with E-state index < -0.39 is 5.97 Å². The van der Waals surface area contributed by atoms with Crippen LogP contribution in [0.5, 0.6) is 0 Å². The molecule has 92 valence electrons. The van der Waals surface area contributed by atoms with Crippen LogP contribution in [-0.4, -0.2) is 40.1 Å². The summed E-state index contributed by atoms with van der Waals surface area (Å²) in [6.07, 6.45) is 6.35. The Kier molecular flexibility index (Phi) is 2.67. The first-order valence-corrected chi connectivity index (χ1v) is 6.87. The standard InChI is InChI=1S/C12H16N2O2S/c1-14-8-2-3-9(14)5-7(4-8)11-13-6-10(17-11)12(15)16/h6-9H,2-5H2,1H3,(H,15,16). The zero-order chi connectivity index (χ0) is 12.0. The molecule has 0 aromatic carbocycles. The van der Waals surface area contributed by atoms with Gasteiger partial charge in [0.2, 0.25) is 0 Å². The van der Waals surface area contributed by atoms with Crippen molar-refractivity contribution in [1.82, 2.24) is 9.88 Å². The molecule has 4 nitrogen and oxygen atoms in total. The maximum Gasteiger partial charge on any atom is 0.347 e. The van der Waals surface area contributed by atoms with Crippen molar-refractivity contribution in [3.8, 4) is 0 Å². The molecule has 0 amide bonds. The van der Waals surface area contributed by atoms with Gasteiger partial charge in [0.15, 0.2) is 0 Å². The Morgan fingerprint density at radius 3 is 2.65 bits per heavy atom. The van der Waals surface area contributed by atoms with Gasteiger partial charge in [-0.1, -0.05) is 0 Å². The summed E-state index contributed by atoms with van der Waals surface area (Å²) in [5, 5.41) is 9.94. The van der Waals surface area contributed by atoms with Gasteiger partial charge in [0.05, 0.1) is 11.2 Å². The fraction of sp³-hybridized carbons (Fsp3) is 0.667. The van der Waals surface area contributed by atoms with Crippen molar-refractivity contribution in [2.75, 3.05) is 7.05 Å². The Hall–Kier alpha value is -0.940. The molecule has 17 heavy (non-hydrogen) atoms. The Morgan fingerprint density at radius 1 is 1.47 bits per heavy atom. The number of carbonyl (C=O) groups is 1. The molecule has 2 atom stereocenters. The minimum Gasteiger partial charge on any atom is -0.477 e. The van der Waals surface area contributed by atoms with E-state index in [1.807, 2.05) is 0 Å². The van der Waals surface area contributed by atoms with E-state index in [1.165, 1.54) is 30.4 Å². The summed E-state index contributed by atoms with van der Waals surface area (Å²) in [6, 6.07) is 1.35. The van der Waals surface area contributed by atoms with Crippen LogP contribution >= 0.6 is 11.3 Å². The number of rotatable bonds is 2. The summed E-state index contributed by atoms with van der Waals surface area (Å²) in [5.74, 6) is -0.383. The van der Waals surface area contributed by atoms with Crippen LogP contribution in [0.2, 0.25) is 0 Å². The van der Waals surface area contributed by atoms with Crippen molar-refractivity contribution in [1.29, 1.82) is 0 Å². The maximum absolute atomic E-state index is 10.9. The van der Waals surface area contributed by atoms with Gasteiger partial charge in [-0.15, -0.1) is 11.3 Å². The third kappa shape index (κ3) is 1.87. The summed E-state index contributed by atoms with van der Waals surface area (Å²) in [5.41, 5.74) is 0. The topological polar surface area (TPSA) is 53.4 Å². The van der Waals surface area contributed by atoms with E-state index in [-0.39, 0.29) is 0 Å². The molecular formula is C12H16N2O2S. The molecule has 0 radical (unpaired) electrons. The summed E-state index contributed by atoms with van der Waals surface area (Å²) in [6.45, 7) is 0. The molecule has 2 fully saturated rings. The lowest BCUT2D eigenvalue weighted by molar-refractivity contribution is 0.0702. The highest BCUT2D eigenvalue weighted by molar-refractivity contribution is 7.13. The summed E-state index contributed by atoms with van der Waals surface area (Å²) >= 11 is 1.35. The van der Waals surface area contributed by atoms with Gasteiger partial charge in [-0.3, -0.25) is 0 Å². The van der Waals surface area contributed by atoms with Gasteiger partial charge in [0, 0.05) is 18.0 Å². The van der Waals surface area contributed by atoms with Gasteiger partial charge in [-0.25, -0.2) is 9.78 Å². The largest absolute Gasteiger partial charge is 0.477 e. The maximum atomic E-state index is 10.9. The van der Waals surface area contributed by atoms with Crippen LogP contribution < -0.4 is 0 Å². The van der Waals surface area contributed by atoms with E-state index in [2.05, 4.69) is 16.9 Å². The number of hydrogen-bond donors (Lipinski definition) is 1. The Morgan fingerprint density at radius 2 is 2.12 bits per heavy atom. The molecule has 0 saturated carbocycles. The van der Waals surface area contributed by atoms with E-state index >= 15 is 0 Å². The van der Waals surface area contributed by atoms with Crippen LogP contribution in [0.3, 0.4) is 0 Å². The predicted molar refractivity (Wildman–Crippen MR) is 65.6 cm³/mol. The molecule has 1 aromatic heterocycles. The number of fused-ring (bicyclic) bond motifs is 2. The molecule has 1 N–H and O–H groups in total. The average Bonchev–Trinajstić information content (AvgIpc) is 2.83. The van der Waals surface area contributed by atoms with Gasteiger partial charge in [-0.2, -0.15) is 0 Å². The van der Waals surface area contributed by atoms with Crippen molar-refractivity contribution >= 4 is 17.3 Å². The fourth-order valence-corrected chi connectivity index (χ4v) is 4.07. The Labute approximate surface area is 104 Å². The smallest absolute Gasteiger partial charge is 0.347 e. The quantitative estimate of drug-likeness (QED) is 0.876. The van der Waals surface area contributed by atoms with Gasteiger partial charge >= 0.3 is 5.97 Å². The first-order chi connectivity index (χ1) is 8.15. The summed E-state index contributed by atoms with van der Waals surface area (Å²) < 4.78 is 0. The van der Waals surface area contributed by atoms with Gasteiger partial charge < -0.3 is 10.0 Å². The lowest BCUT2D eigenvalue weighted by Gasteiger charge is -2.35. The highest BCUT2D eigenvalue weighted by atomic mass is 32.1. The number of aromatic nitrogens is 1. The van der Waals surface area contributed by atoms with Gasteiger partial charge in [-0.05, 0) is 32.7 Å². The molecule has 2 aliphatic rings. The molecule has 0 aliphatic carbocycles. The third-order valence-corrected chi connectivity index (χ3v) is 5.33. The average molecular weight is 252 g/mol. The van der Waals surface area contributed by atoms with Crippen LogP contribution in [0, 0.1) is 0 Å². The van der Waals surface area contributed by atoms with Crippen molar-refractivity contribution in [3.63, 3.8) is 0 Å². The lowest BCUT2D eigenvalue weighted by Crippen LogP contribution is -2.39. The molecule has 2 bridgehead atoms. The Bertz CT molecular complexity index is 431. The molecule has 0 spiro atoms. The van der Waals surface area contributed by atoms with E-state index in [9.17, 15) is 4.79 Å². The number of carboxylic acid groups (broad SMARTS) is 1. The number of carboxylic acids is 1. The first-order valence-electron chi connectivity index (χ1n) is 6.06. The van der Waals surface area contributed by atoms with E-state index in [1.54, 1.807) is 0 Å². The number of thiazole rings is 1. The summed E-state index contributed by atoms with van der Waals surface area (Å²) in [4.78, 5) is 18.0. The molecule has 2 saturated heterocycles. The van der Waals surface area contributed by atoms with Crippen LogP contribution in [0.4, 0.5) is 0 Å². The van der Waals surface area contributed by atoms with E-state index in [0.29, 0.717) is 22.9 Å². The number of hydrogen-bond acceptors (Lipinski definition) is 4. The minimum absolute atomic E-state index is 0.367. The second kappa shape index (κ2) is 4.07. The van der Waals surface area contributed by atoms with Crippen LogP contribution in [-0.2, 0) is 0 Å². The molecule has 2 unspecified atom stereocenters. The van der Waals surface area contributed by atoms with Crippen molar-refractivity contribution < 1.29 is 9.90 Å². The van der Waals surface area contributed by atoms with Gasteiger partial charge in [0.1, 0.15) is 4.88 Å². The fourth-order valence-electron chi connectivity index (χ4n) is 3.19. The second-order valence-corrected chi connectivity index (χ2v) is 6.15. The Balaban J connectivity index is 1.79. The van der Waals surface area contributed by atoms with Crippen LogP contribution in [0.25, 0.3) is 0 Å². The summed E-state index contributed by atoms with van der Waals surface area (Å²) in [7, 11) is 2.21. The van der Waals surface area contributed by atoms with Gasteiger partial charge in [0.25, 0.3) is 0 Å². The predicted octanol–water partition coefficient (Wildman–Crippen LogP) is 2.18. The first kappa shape index (κ1) is 11.2. The normalized spacial score (nSPS) is 32.9. The zero-order valence-corrected chi connectivity index (χ0v) is 10.6. The number of nitrogens with zero attached hydrogens (tertiary/aromatic N) is 2. The molecular weight excluding hydrogens is 236 g/mol. The third-order valence-electron chi connectivity index (χ3n) is 4.18. The second-order valence-electron chi connectivity index (χ2n) is 5.09. The minimum atomic E-state index is -0.857. The molecule has 5 heteroatoms. The van der Waals surface area contributed by atoms with Crippen LogP contribution in [0.1, 0.15) is 46.3 Å². The lowest BCUT2D eigenvalue weighted by atomic mass is 9.92. The molecule has 3 rings (SSSR count). The molecule has 2 aliphatic heterocycles. The zero-order valence-electron chi connectivity index (χ0n) is 9.80. The van der Waals surface area contributed by atoms with E-state index in [4.69, 9.17) is 5.11 Å². The number of piperidine rings is 1. The molecule has 3 heterocycles. The van der Waals surface area contributed by atoms with Crippen molar-refractivity contribution in [2.45, 2.75) is 43.7 Å².